The first-order valence-electron chi connectivity index (χ1n) is 3.86. The minimum absolute atomic E-state index is 0.115. The first-order valence-corrected chi connectivity index (χ1v) is 5.27. The normalized spacial score (nSPS) is 11.7. The number of benzene rings is 1. The van der Waals surface area contributed by atoms with Crippen molar-refractivity contribution in [2.75, 3.05) is 0 Å². The van der Waals surface area contributed by atoms with Gasteiger partial charge in [-0.15, -0.1) is 0 Å². The van der Waals surface area contributed by atoms with Gasteiger partial charge in [-0.25, -0.2) is 8.42 Å². The zero-order valence-corrected chi connectivity index (χ0v) is 8.60. The highest BCUT2D eigenvalue weighted by Crippen LogP contribution is 2.19. The van der Waals surface area contributed by atoms with E-state index in [1.54, 1.807) is 19.9 Å². The Kier molecular flexibility index (Phi) is 2.45. The van der Waals surface area contributed by atoms with Gasteiger partial charge in [0.05, 0.1) is 4.90 Å². The van der Waals surface area contributed by atoms with Crippen LogP contribution < -0.4 is 0 Å². The molecule has 0 aliphatic carbocycles. The van der Waals surface area contributed by atoms with Crippen LogP contribution in [-0.2, 0) is 10.1 Å². The van der Waals surface area contributed by atoms with Gasteiger partial charge in [-0.1, -0.05) is 6.07 Å². The van der Waals surface area contributed by atoms with E-state index in [1.807, 2.05) is 6.92 Å². The van der Waals surface area contributed by atoms with Crippen LogP contribution in [0, 0.1) is 20.8 Å². The van der Waals surface area contributed by atoms with Gasteiger partial charge in [0.2, 0.25) is 0 Å². The van der Waals surface area contributed by atoms with Gasteiger partial charge in [0.15, 0.2) is 0 Å². The third-order valence-corrected chi connectivity index (χ3v) is 3.04. The molecule has 1 aromatic rings. The minimum Gasteiger partial charge on any atom is -0.744 e. The number of aryl methyl sites for hydroxylation is 3. The topological polar surface area (TPSA) is 57.2 Å². The van der Waals surface area contributed by atoms with Crippen LogP contribution in [0.5, 0.6) is 0 Å². The molecule has 13 heavy (non-hydrogen) atoms. The molecule has 0 saturated heterocycles. The smallest absolute Gasteiger partial charge is 0.124 e. The van der Waals surface area contributed by atoms with E-state index in [4.69, 9.17) is 0 Å². The second-order valence-electron chi connectivity index (χ2n) is 3.16. The average Bonchev–Trinajstić information content (AvgIpc) is 1.94. The average molecular weight is 199 g/mol. The Bertz CT molecular complexity index is 432. The first kappa shape index (κ1) is 10.2. The second kappa shape index (κ2) is 3.12. The first-order chi connectivity index (χ1) is 5.82. The predicted octanol–water partition coefficient (Wildman–Crippen LogP) is 1.52. The molecule has 0 fully saturated rings. The van der Waals surface area contributed by atoms with E-state index in [9.17, 15) is 13.0 Å². The molecular weight excluding hydrogens is 188 g/mol. The van der Waals surface area contributed by atoms with E-state index >= 15 is 0 Å². The van der Waals surface area contributed by atoms with Crippen LogP contribution in [0.3, 0.4) is 0 Å². The molecule has 0 aromatic heterocycles. The van der Waals surface area contributed by atoms with Crippen molar-refractivity contribution >= 4 is 10.1 Å². The van der Waals surface area contributed by atoms with Crippen LogP contribution >= 0.6 is 0 Å². The summed E-state index contributed by atoms with van der Waals surface area (Å²) in [5.41, 5.74) is 2.32. The van der Waals surface area contributed by atoms with Crippen LogP contribution in [0.1, 0.15) is 16.7 Å². The highest BCUT2D eigenvalue weighted by Gasteiger charge is 2.07. The summed E-state index contributed by atoms with van der Waals surface area (Å²) < 4.78 is 32.3. The summed E-state index contributed by atoms with van der Waals surface area (Å²) in [5.74, 6) is 0. The third kappa shape index (κ3) is 2.08. The van der Waals surface area contributed by atoms with E-state index in [-0.39, 0.29) is 4.90 Å². The molecule has 0 bridgehead atoms. The summed E-state index contributed by atoms with van der Waals surface area (Å²) in [6, 6.07) is 3.13. The highest BCUT2D eigenvalue weighted by atomic mass is 32.2. The van der Waals surface area contributed by atoms with E-state index in [1.165, 1.54) is 6.07 Å². The van der Waals surface area contributed by atoms with E-state index in [0.717, 1.165) is 11.1 Å². The predicted molar refractivity (Wildman–Crippen MR) is 48.6 cm³/mol. The van der Waals surface area contributed by atoms with Gasteiger partial charge < -0.3 is 4.55 Å². The molecule has 4 heteroatoms. The summed E-state index contributed by atoms with van der Waals surface area (Å²) in [6.07, 6.45) is 0. The Hall–Kier alpha value is -0.870. The zero-order valence-electron chi connectivity index (χ0n) is 7.79. The molecule has 3 nitrogen and oxygen atoms in total. The van der Waals surface area contributed by atoms with Crippen LogP contribution in [0.15, 0.2) is 17.0 Å². The standard InChI is InChI=1S/C9H12O3S/c1-6-4-8(3)9(5-7(6)2)13(10,11)12/h4-5H,1-3H3,(H,10,11,12)/p-1. The monoisotopic (exact) mass is 199 g/mol. The lowest BCUT2D eigenvalue weighted by Crippen LogP contribution is -2.02. The fourth-order valence-electron chi connectivity index (χ4n) is 1.20. The van der Waals surface area contributed by atoms with Crippen LogP contribution in [0.4, 0.5) is 0 Å². The quantitative estimate of drug-likeness (QED) is 0.644. The summed E-state index contributed by atoms with van der Waals surface area (Å²) in [4.78, 5) is -0.115. The van der Waals surface area contributed by atoms with Gasteiger partial charge in [-0.3, -0.25) is 0 Å². The summed E-state index contributed by atoms with van der Waals surface area (Å²) in [7, 11) is -4.32. The lowest BCUT2D eigenvalue weighted by Gasteiger charge is -2.12. The lowest BCUT2D eigenvalue weighted by molar-refractivity contribution is 0.462. The van der Waals surface area contributed by atoms with Gasteiger partial charge in [0, 0.05) is 0 Å². The molecule has 0 unspecified atom stereocenters. The molecule has 1 aromatic carbocycles. The van der Waals surface area contributed by atoms with Crippen molar-refractivity contribution in [2.24, 2.45) is 0 Å². The number of hydrogen-bond donors (Lipinski definition) is 0. The zero-order chi connectivity index (χ0) is 10.2. The van der Waals surface area contributed by atoms with E-state index in [2.05, 4.69) is 0 Å². The molecule has 0 aliphatic heterocycles. The van der Waals surface area contributed by atoms with Gasteiger partial charge in [-0.05, 0) is 43.5 Å². The van der Waals surface area contributed by atoms with Gasteiger partial charge in [0.1, 0.15) is 10.1 Å². The molecule has 0 N–H and O–H groups in total. The molecule has 0 radical (unpaired) electrons. The summed E-state index contributed by atoms with van der Waals surface area (Å²) in [6.45, 7) is 5.28. The Balaban J connectivity index is 3.50. The SMILES string of the molecule is Cc1cc(C)c(S(=O)(=O)[O-])cc1C. The van der Waals surface area contributed by atoms with Crippen molar-refractivity contribution in [3.63, 3.8) is 0 Å². The fraction of sp³-hybridized carbons (Fsp3) is 0.333. The van der Waals surface area contributed by atoms with Crippen molar-refractivity contribution < 1.29 is 13.0 Å². The maximum atomic E-state index is 10.8. The molecule has 0 saturated carbocycles. The van der Waals surface area contributed by atoms with Crippen molar-refractivity contribution in [1.82, 2.24) is 0 Å². The molecule has 1 rings (SSSR count). The Morgan fingerprint density at radius 3 is 1.92 bits per heavy atom. The third-order valence-electron chi connectivity index (χ3n) is 2.06. The summed E-state index contributed by atoms with van der Waals surface area (Å²) in [5, 5.41) is 0. The number of hydrogen-bond acceptors (Lipinski definition) is 3. The van der Waals surface area contributed by atoms with Gasteiger partial charge in [0.25, 0.3) is 0 Å². The Labute approximate surface area is 78.2 Å². The molecule has 0 amide bonds. The van der Waals surface area contributed by atoms with E-state index < -0.39 is 10.1 Å². The van der Waals surface area contributed by atoms with Crippen molar-refractivity contribution in [1.29, 1.82) is 0 Å². The largest absolute Gasteiger partial charge is 0.744 e. The van der Waals surface area contributed by atoms with Crippen molar-refractivity contribution in [2.45, 2.75) is 25.7 Å². The number of rotatable bonds is 1. The molecule has 72 valence electrons. The fourth-order valence-corrected chi connectivity index (χ4v) is 1.98. The van der Waals surface area contributed by atoms with Gasteiger partial charge in [-0.2, -0.15) is 0 Å². The molecule has 0 spiro atoms. The Morgan fingerprint density at radius 2 is 1.46 bits per heavy atom. The molecule has 0 aliphatic rings. The molecular formula is C9H11O3S-. The van der Waals surface area contributed by atoms with Crippen molar-refractivity contribution in [3.8, 4) is 0 Å². The van der Waals surface area contributed by atoms with Crippen molar-refractivity contribution in [3.05, 3.63) is 28.8 Å². The minimum atomic E-state index is -4.32. The maximum absolute atomic E-state index is 10.8. The van der Waals surface area contributed by atoms with Crippen LogP contribution in [0.25, 0.3) is 0 Å². The molecule has 0 heterocycles. The second-order valence-corrected chi connectivity index (χ2v) is 4.50. The summed E-state index contributed by atoms with van der Waals surface area (Å²) >= 11 is 0. The van der Waals surface area contributed by atoms with Crippen LogP contribution in [-0.4, -0.2) is 13.0 Å². The highest BCUT2D eigenvalue weighted by molar-refractivity contribution is 7.85. The maximum Gasteiger partial charge on any atom is 0.124 e. The van der Waals surface area contributed by atoms with E-state index in [0.29, 0.717) is 5.56 Å². The Morgan fingerprint density at radius 1 is 1.00 bits per heavy atom. The molecule has 0 atom stereocenters. The lowest BCUT2D eigenvalue weighted by atomic mass is 10.1. The van der Waals surface area contributed by atoms with Gasteiger partial charge >= 0.3 is 0 Å². The van der Waals surface area contributed by atoms with Crippen LogP contribution in [0.2, 0.25) is 0 Å².